The largest absolute Gasteiger partial charge is 0.483 e. The van der Waals surface area contributed by atoms with Gasteiger partial charge in [-0.3, -0.25) is 0 Å². The van der Waals surface area contributed by atoms with Crippen LogP contribution in [0.2, 0.25) is 0 Å². The molecule has 0 saturated heterocycles. The summed E-state index contributed by atoms with van der Waals surface area (Å²) in [5.74, 6) is -0.910. The number of nitriles is 1. The van der Waals surface area contributed by atoms with Crippen molar-refractivity contribution in [1.82, 2.24) is 0 Å². The van der Waals surface area contributed by atoms with Gasteiger partial charge in [0.15, 0.2) is 0 Å². The van der Waals surface area contributed by atoms with Crippen LogP contribution in [0.4, 0.5) is 8.78 Å². The standard InChI is InChI=1S/C16H14F2N2O/c1-10(20)16(11-5-7-12(17)8-6-11)21-15-4-2-3-14(18)13(15)9-19/h2-8,10,16H,20H2,1H3. The summed E-state index contributed by atoms with van der Waals surface area (Å²) in [4.78, 5) is 0. The molecule has 108 valence electrons. The van der Waals surface area contributed by atoms with Crippen LogP contribution in [0.25, 0.3) is 0 Å². The minimum Gasteiger partial charge on any atom is -0.483 e. The summed E-state index contributed by atoms with van der Waals surface area (Å²) in [6, 6.07) is 11.2. The van der Waals surface area contributed by atoms with Crippen molar-refractivity contribution < 1.29 is 13.5 Å². The van der Waals surface area contributed by atoms with Gasteiger partial charge >= 0.3 is 0 Å². The topological polar surface area (TPSA) is 59.0 Å². The van der Waals surface area contributed by atoms with Crippen LogP contribution in [0.15, 0.2) is 42.5 Å². The van der Waals surface area contributed by atoms with Crippen molar-refractivity contribution in [1.29, 1.82) is 5.26 Å². The minimum absolute atomic E-state index is 0.115. The Balaban J connectivity index is 2.36. The van der Waals surface area contributed by atoms with Crippen molar-refractivity contribution in [2.24, 2.45) is 5.73 Å². The Morgan fingerprint density at radius 1 is 1.14 bits per heavy atom. The highest BCUT2D eigenvalue weighted by Crippen LogP contribution is 2.28. The summed E-state index contributed by atoms with van der Waals surface area (Å²) in [5.41, 5.74) is 6.37. The molecule has 3 nitrogen and oxygen atoms in total. The zero-order chi connectivity index (χ0) is 15.4. The summed E-state index contributed by atoms with van der Waals surface area (Å²) in [6.45, 7) is 1.72. The van der Waals surface area contributed by atoms with Gasteiger partial charge in [0.2, 0.25) is 0 Å². The van der Waals surface area contributed by atoms with Gasteiger partial charge in [-0.25, -0.2) is 8.78 Å². The Hall–Kier alpha value is -2.45. The van der Waals surface area contributed by atoms with Gasteiger partial charge in [0.1, 0.15) is 35.1 Å². The van der Waals surface area contributed by atoms with Crippen molar-refractivity contribution in [3.8, 4) is 11.8 Å². The van der Waals surface area contributed by atoms with Crippen LogP contribution in [0.3, 0.4) is 0 Å². The summed E-state index contributed by atoms with van der Waals surface area (Å²) in [5, 5.41) is 9.01. The van der Waals surface area contributed by atoms with Gasteiger partial charge in [-0.05, 0) is 36.8 Å². The lowest BCUT2D eigenvalue weighted by Gasteiger charge is -2.23. The second-order valence-corrected chi connectivity index (χ2v) is 4.67. The van der Waals surface area contributed by atoms with E-state index >= 15 is 0 Å². The fourth-order valence-corrected chi connectivity index (χ4v) is 1.98. The maximum Gasteiger partial charge on any atom is 0.144 e. The predicted molar refractivity (Wildman–Crippen MR) is 74.5 cm³/mol. The number of halogens is 2. The zero-order valence-electron chi connectivity index (χ0n) is 11.4. The van der Waals surface area contributed by atoms with Crippen LogP contribution in [-0.4, -0.2) is 6.04 Å². The second kappa shape index (κ2) is 6.33. The number of hydrogen-bond acceptors (Lipinski definition) is 3. The summed E-state index contributed by atoms with van der Waals surface area (Å²) in [6.07, 6.45) is -0.612. The number of benzene rings is 2. The molecular formula is C16H14F2N2O. The molecule has 0 saturated carbocycles. The van der Waals surface area contributed by atoms with E-state index in [1.165, 1.54) is 30.3 Å². The summed E-state index contributed by atoms with van der Waals surface area (Å²) < 4.78 is 32.3. The summed E-state index contributed by atoms with van der Waals surface area (Å²) >= 11 is 0. The second-order valence-electron chi connectivity index (χ2n) is 4.67. The van der Waals surface area contributed by atoms with Crippen molar-refractivity contribution >= 4 is 0 Å². The highest BCUT2D eigenvalue weighted by atomic mass is 19.1. The van der Waals surface area contributed by atoms with Crippen LogP contribution >= 0.6 is 0 Å². The van der Waals surface area contributed by atoms with Crippen LogP contribution in [-0.2, 0) is 0 Å². The van der Waals surface area contributed by atoms with Crippen molar-refractivity contribution in [2.45, 2.75) is 19.1 Å². The average Bonchev–Trinajstić information content (AvgIpc) is 2.45. The third kappa shape index (κ3) is 3.36. The number of ether oxygens (including phenoxy) is 1. The Morgan fingerprint density at radius 2 is 1.81 bits per heavy atom. The van der Waals surface area contributed by atoms with Gasteiger partial charge in [0.05, 0.1) is 0 Å². The SMILES string of the molecule is CC(N)C(Oc1cccc(F)c1C#N)c1ccc(F)cc1. The van der Waals surface area contributed by atoms with Gasteiger partial charge in [-0.1, -0.05) is 18.2 Å². The lowest BCUT2D eigenvalue weighted by Crippen LogP contribution is -2.29. The van der Waals surface area contributed by atoms with Crippen LogP contribution in [0, 0.1) is 23.0 Å². The predicted octanol–water partition coefficient (Wildman–Crippen LogP) is 3.30. The van der Waals surface area contributed by atoms with E-state index in [0.29, 0.717) is 5.56 Å². The summed E-state index contributed by atoms with van der Waals surface area (Å²) in [7, 11) is 0. The van der Waals surface area contributed by atoms with Crippen molar-refractivity contribution in [3.05, 3.63) is 65.2 Å². The molecule has 0 fully saturated rings. The molecule has 2 atom stereocenters. The number of nitrogens with zero attached hydrogens (tertiary/aromatic N) is 1. The number of nitrogens with two attached hydrogens (primary N) is 1. The normalized spacial score (nSPS) is 13.3. The molecule has 2 aromatic rings. The third-order valence-electron chi connectivity index (χ3n) is 3.02. The van der Waals surface area contributed by atoms with Crippen LogP contribution in [0.5, 0.6) is 5.75 Å². The van der Waals surface area contributed by atoms with E-state index in [2.05, 4.69) is 0 Å². The fraction of sp³-hybridized carbons (Fsp3) is 0.188. The Labute approximate surface area is 121 Å². The zero-order valence-corrected chi connectivity index (χ0v) is 11.4. The van der Waals surface area contributed by atoms with E-state index in [0.717, 1.165) is 0 Å². The molecule has 2 unspecified atom stereocenters. The van der Waals surface area contributed by atoms with Gasteiger partial charge in [0, 0.05) is 6.04 Å². The van der Waals surface area contributed by atoms with Crippen LogP contribution < -0.4 is 10.5 Å². The first kappa shape index (κ1) is 14.9. The number of hydrogen-bond donors (Lipinski definition) is 1. The van der Waals surface area contributed by atoms with E-state index in [9.17, 15) is 8.78 Å². The third-order valence-corrected chi connectivity index (χ3v) is 3.02. The number of rotatable bonds is 4. The minimum atomic E-state index is -0.655. The molecule has 0 radical (unpaired) electrons. The molecule has 0 spiro atoms. The smallest absolute Gasteiger partial charge is 0.144 e. The molecule has 21 heavy (non-hydrogen) atoms. The van der Waals surface area contributed by atoms with Gasteiger partial charge in [-0.2, -0.15) is 5.26 Å². The van der Waals surface area contributed by atoms with E-state index in [1.807, 2.05) is 0 Å². The first-order valence-electron chi connectivity index (χ1n) is 6.39. The Kier molecular flexibility index (Phi) is 4.51. The van der Waals surface area contributed by atoms with Gasteiger partial charge in [-0.15, -0.1) is 0 Å². The Bertz CT molecular complexity index is 663. The molecular weight excluding hydrogens is 274 g/mol. The molecule has 0 aromatic heterocycles. The van der Waals surface area contributed by atoms with E-state index in [-0.39, 0.29) is 17.1 Å². The Morgan fingerprint density at radius 3 is 2.38 bits per heavy atom. The molecule has 2 N–H and O–H groups in total. The lowest BCUT2D eigenvalue weighted by molar-refractivity contribution is 0.179. The monoisotopic (exact) mass is 288 g/mol. The first-order chi connectivity index (χ1) is 10.0. The fourth-order valence-electron chi connectivity index (χ4n) is 1.98. The lowest BCUT2D eigenvalue weighted by atomic mass is 10.0. The molecule has 5 heteroatoms. The van der Waals surface area contributed by atoms with E-state index in [1.54, 1.807) is 25.1 Å². The van der Waals surface area contributed by atoms with Crippen molar-refractivity contribution in [2.75, 3.05) is 0 Å². The highest BCUT2D eigenvalue weighted by molar-refractivity contribution is 5.44. The molecule has 0 amide bonds. The van der Waals surface area contributed by atoms with E-state index in [4.69, 9.17) is 15.7 Å². The maximum atomic E-state index is 13.6. The highest BCUT2D eigenvalue weighted by Gasteiger charge is 2.21. The first-order valence-corrected chi connectivity index (χ1v) is 6.39. The quantitative estimate of drug-likeness (QED) is 0.939. The molecule has 0 aliphatic heterocycles. The van der Waals surface area contributed by atoms with Crippen LogP contribution in [0.1, 0.15) is 24.2 Å². The molecule has 2 aromatic carbocycles. The van der Waals surface area contributed by atoms with Crippen molar-refractivity contribution in [3.63, 3.8) is 0 Å². The van der Waals surface area contributed by atoms with E-state index < -0.39 is 18.0 Å². The molecule has 0 heterocycles. The van der Waals surface area contributed by atoms with Gasteiger partial charge in [0.25, 0.3) is 0 Å². The molecule has 0 aliphatic rings. The molecule has 0 bridgehead atoms. The molecule has 0 aliphatic carbocycles. The molecule has 2 rings (SSSR count). The van der Waals surface area contributed by atoms with Gasteiger partial charge < -0.3 is 10.5 Å². The maximum absolute atomic E-state index is 13.6. The average molecular weight is 288 g/mol.